The molecule has 0 atom stereocenters. The van der Waals surface area contributed by atoms with Crippen LogP contribution in [0.3, 0.4) is 0 Å². The van der Waals surface area contributed by atoms with Gasteiger partial charge in [0.2, 0.25) is 0 Å². The van der Waals surface area contributed by atoms with Gasteiger partial charge in [0, 0.05) is 74.4 Å². The molecule has 5 aromatic rings. The first kappa shape index (κ1) is 23.5. The van der Waals surface area contributed by atoms with E-state index < -0.39 is 0 Å². The van der Waals surface area contributed by atoms with Crippen LogP contribution in [-0.4, -0.2) is 45.1 Å². The molecule has 30 heavy (non-hydrogen) atoms. The van der Waals surface area contributed by atoms with Gasteiger partial charge in [0.25, 0.3) is 0 Å². The van der Waals surface area contributed by atoms with Crippen molar-refractivity contribution in [3.8, 4) is 0 Å². The van der Waals surface area contributed by atoms with Crippen molar-refractivity contribution in [3.63, 3.8) is 0 Å². The highest BCUT2D eigenvalue weighted by atomic mass is 15.1. The van der Waals surface area contributed by atoms with Gasteiger partial charge in [-0.2, -0.15) is 10.2 Å². The van der Waals surface area contributed by atoms with E-state index in [4.69, 9.17) is 0 Å². The molecule has 0 unspecified atom stereocenters. The summed E-state index contributed by atoms with van der Waals surface area (Å²) >= 11 is 0. The van der Waals surface area contributed by atoms with E-state index in [1.165, 1.54) is 12.7 Å². The summed E-state index contributed by atoms with van der Waals surface area (Å²) in [5.41, 5.74) is 0. The normalized spacial score (nSPS) is 8.00. The number of nitrogens with zero attached hydrogens (tertiary/aromatic N) is 9. The average molecular weight is 399 g/mol. The standard InChI is InChI=1S/C5H5N.4C4H4N2/c1-2-4-6-5-3-1;1-2-6-4-3-5-1;2*1-2-5-4-6-3-1;1-2-4-6-5-3-1/h1-5H;4*1-4H. The van der Waals surface area contributed by atoms with Crippen LogP contribution in [0.25, 0.3) is 0 Å². The Bertz CT molecular complexity index is 569. The minimum atomic E-state index is 1.50. The maximum atomic E-state index is 3.78. The molecule has 0 aliphatic rings. The largest absolute Gasteiger partial charge is 0.265 e. The molecule has 9 nitrogen and oxygen atoms in total. The van der Waals surface area contributed by atoms with Gasteiger partial charge in [-0.05, 0) is 36.4 Å². The maximum absolute atomic E-state index is 3.78. The van der Waals surface area contributed by atoms with Gasteiger partial charge in [0.05, 0.1) is 0 Å². The van der Waals surface area contributed by atoms with Gasteiger partial charge in [-0.15, -0.1) is 0 Å². The van der Waals surface area contributed by atoms with E-state index in [1.54, 1.807) is 86.5 Å². The van der Waals surface area contributed by atoms with Gasteiger partial charge in [-0.3, -0.25) is 15.0 Å². The highest BCUT2D eigenvalue weighted by molar-refractivity contribution is 4.88. The quantitative estimate of drug-likeness (QED) is 0.387. The van der Waals surface area contributed by atoms with Crippen molar-refractivity contribution in [2.45, 2.75) is 0 Å². The Labute approximate surface area is 175 Å². The molecule has 0 radical (unpaired) electrons. The fourth-order valence-electron chi connectivity index (χ4n) is 1.33. The topological polar surface area (TPSA) is 116 Å². The van der Waals surface area contributed by atoms with Crippen LogP contribution >= 0.6 is 0 Å². The summed E-state index contributed by atoms with van der Waals surface area (Å²) in [7, 11) is 0. The Morgan fingerprint density at radius 1 is 0.233 bits per heavy atom. The number of hydrogen-bond donors (Lipinski definition) is 0. The summed E-state index contributed by atoms with van der Waals surface area (Å²) in [6, 6.07) is 12.9. The van der Waals surface area contributed by atoms with Gasteiger partial charge in [0.15, 0.2) is 0 Å². The Balaban J connectivity index is 0.000000187. The van der Waals surface area contributed by atoms with Crippen LogP contribution in [0.15, 0.2) is 129 Å². The molecule has 0 fully saturated rings. The minimum Gasteiger partial charge on any atom is -0.265 e. The van der Waals surface area contributed by atoms with E-state index >= 15 is 0 Å². The first-order chi connectivity index (χ1) is 15.0. The Morgan fingerprint density at radius 2 is 0.567 bits per heavy atom. The van der Waals surface area contributed by atoms with Crippen LogP contribution in [0, 0.1) is 0 Å². The van der Waals surface area contributed by atoms with Gasteiger partial charge in [0.1, 0.15) is 12.7 Å². The molecule has 0 aliphatic carbocycles. The first-order valence-corrected chi connectivity index (χ1v) is 8.66. The minimum absolute atomic E-state index is 1.50. The van der Waals surface area contributed by atoms with Crippen molar-refractivity contribution < 1.29 is 0 Å². The van der Waals surface area contributed by atoms with Gasteiger partial charge < -0.3 is 0 Å². The predicted molar refractivity (Wildman–Crippen MR) is 112 cm³/mol. The van der Waals surface area contributed by atoms with Gasteiger partial charge in [-0.25, -0.2) is 19.9 Å². The van der Waals surface area contributed by atoms with Gasteiger partial charge >= 0.3 is 0 Å². The molecule has 0 saturated carbocycles. The molecule has 5 aromatic heterocycles. The van der Waals surface area contributed by atoms with E-state index in [-0.39, 0.29) is 0 Å². The van der Waals surface area contributed by atoms with Gasteiger partial charge in [-0.1, -0.05) is 6.07 Å². The average Bonchev–Trinajstić information content (AvgIpc) is 2.91. The van der Waals surface area contributed by atoms with E-state index in [2.05, 4.69) is 45.1 Å². The third-order valence-corrected chi connectivity index (χ3v) is 2.48. The molecule has 0 aromatic carbocycles. The molecule has 0 saturated heterocycles. The Kier molecular flexibility index (Phi) is 16.3. The fraction of sp³-hybridized carbons (Fsp3) is 0. The molecular weight excluding hydrogens is 378 g/mol. The van der Waals surface area contributed by atoms with Crippen LogP contribution in [0.1, 0.15) is 0 Å². The lowest BCUT2D eigenvalue weighted by Gasteiger charge is -1.70. The fourth-order valence-corrected chi connectivity index (χ4v) is 1.33. The highest BCUT2D eigenvalue weighted by Crippen LogP contribution is 1.74. The Hall–Kier alpha value is -4.53. The number of rotatable bonds is 0. The number of pyridine rings is 1. The number of aromatic nitrogens is 9. The third kappa shape index (κ3) is 18.3. The van der Waals surface area contributed by atoms with Crippen molar-refractivity contribution in [2.24, 2.45) is 0 Å². The lowest BCUT2D eigenvalue weighted by molar-refractivity contribution is 1.03. The second kappa shape index (κ2) is 20.8. The molecule has 5 rings (SSSR count). The van der Waals surface area contributed by atoms with E-state index in [0.29, 0.717) is 0 Å². The smallest absolute Gasteiger partial charge is 0.115 e. The SMILES string of the molecule is c1ccncc1.c1ccnnc1.c1cnccn1.c1cncnc1.c1cncnc1. The zero-order chi connectivity index (χ0) is 21.2. The molecule has 0 amide bonds. The van der Waals surface area contributed by atoms with Crippen LogP contribution < -0.4 is 0 Å². The van der Waals surface area contributed by atoms with Crippen molar-refractivity contribution in [3.05, 3.63) is 129 Å². The lowest BCUT2D eigenvalue weighted by Crippen LogP contribution is -1.69. The summed E-state index contributed by atoms with van der Waals surface area (Å²) in [6.45, 7) is 0. The monoisotopic (exact) mass is 399 g/mol. The van der Waals surface area contributed by atoms with Crippen LogP contribution in [-0.2, 0) is 0 Å². The zero-order valence-electron chi connectivity index (χ0n) is 16.1. The zero-order valence-corrected chi connectivity index (χ0v) is 16.1. The molecular formula is C21H21N9. The van der Waals surface area contributed by atoms with Crippen LogP contribution in [0.4, 0.5) is 0 Å². The lowest BCUT2D eigenvalue weighted by atomic mass is 10.5. The van der Waals surface area contributed by atoms with E-state index in [0.717, 1.165) is 0 Å². The van der Waals surface area contributed by atoms with Crippen molar-refractivity contribution >= 4 is 0 Å². The molecule has 9 heteroatoms. The van der Waals surface area contributed by atoms with Crippen molar-refractivity contribution in [2.75, 3.05) is 0 Å². The molecule has 150 valence electrons. The molecule has 5 heterocycles. The predicted octanol–water partition coefficient (Wildman–Crippen LogP) is 2.99. The highest BCUT2D eigenvalue weighted by Gasteiger charge is 1.61. The number of hydrogen-bond acceptors (Lipinski definition) is 9. The van der Waals surface area contributed by atoms with Crippen LogP contribution in [0.5, 0.6) is 0 Å². The Morgan fingerprint density at radius 3 is 0.700 bits per heavy atom. The second-order valence-corrected chi connectivity index (χ2v) is 4.64. The molecule has 0 aliphatic heterocycles. The van der Waals surface area contributed by atoms with Crippen molar-refractivity contribution in [1.29, 1.82) is 0 Å². The summed E-state index contributed by atoms with van der Waals surface area (Å²) in [5, 5.41) is 7.07. The molecule has 0 bridgehead atoms. The van der Waals surface area contributed by atoms with E-state index in [9.17, 15) is 0 Å². The molecule has 0 N–H and O–H groups in total. The van der Waals surface area contributed by atoms with Crippen molar-refractivity contribution in [1.82, 2.24) is 45.1 Å². The third-order valence-electron chi connectivity index (χ3n) is 2.48. The summed E-state index contributed by atoms with van der Waals surface area (Å²) in [4.78, 5) is 25.9. The first-order valence-electron chi connectivity index (χ1n) is 8.66. The summed E-state index contributed by atoms with van der Waals surface area (Å²) in [6.07, 6.45) is 23.1. The summed E-state index contributed by atoms with van der Waals surface area (Å²) < 4.78 is 0. The summed E-state index contributed by atoms with van der Waals surface area (Å²) in [5.74, 6) is 0. The molecule has 0 spiro atoms. The van der Waals surface area contributed by atoms with Crippen LogP contribution in [0.2, 0.25) is 0 Å². The van der Waals surface area contributed by atoms with E-state index in [1.807, 2.05) is 30.3 Å². The second-order valence-electron chi connectivity index (χ2n) is 4.64. The maximum Gasteiger partial charge on any atom is 0.115 e.